The molecule has 1 aliphatic carbocycles. The number of hydrogen-bond acceptors (Lipinski definition) is 1. The molecule has 0 atom stereocenters. The Hall–Kier alpha value is -0.240. The predicted octanol–water partition coefficient (Wildman–Crippen LogP) is 2.06. The lowest BCUT2D eigenvalue weighted by atomic mass is 9.95. The summed E-state index contributed by atoms with van der Waals surface area (Å²) in [5.41, 5.74) is 0. The zero-order valence-corrected chi connectivity index (χ0v) is 8.07. The van der Waals surface area contributed by atoms with Crippen LogP contribution >= 0.6 is 11.6 Å². The van der Waals surface area contributed by atoms with Gasteiger partial charge in [-0.15, -0.1) is 11.6 Å². The van der Waals surface area contributed by atoms with E-state index >= 15 is 0 Å². The van der Waals surface area contributed by atoms with Crippen LogP contribution < -0.4 is 5.32 Å². The molecule has 0 aromatic carbocycles. The molecule has 1 N–H and O–H groups in total. The second-order valence-corrected chi connectivity index (χ2v) is 3.72. The standard InChI is InChI=1S/C9H16ClNO/c10-7-6-9(12)11-8-4-2-1-3-5-8/h8H,1-7H2,(H,11,12). The number of rotatable bonds is 3. The minimum absolute atomic E-state index is 0.108. The van der Waals surface area contributed by atoms with Gasteiger partial charge >= 0.3 is 0 Å². The molecule has 1 saturated carbocycles. The van der Waals surface area contributed by atoms with Gasteiger partial charge < -0.3 is 5.32 Å². The molecule has 0 heterocycles. The van der Waals surface area contributed by atoms with Gasteiger partial charge in [-0.1, -0.05) is 19.3 Å². The SMILES string of the molecule is O=C(CCCl)NC1CCCCC1. The minimum atomic E-state index is 0.108. The van der Waals surface area contributed by atoms with E-state index in [1.807, 2.05) is 0 Å². The molecule has 12 heavy (non-hydrogen) atoms. The fraction of sp³-hybridized carbons (Fsp3) is 0.889. The number of halogens is 1. The Morgan fingerprint density at radius 2 is 2.00 bits per heavy atom. The van der Waals surface area contributed by atoms with E-state index in [-0.39, 0.29) is 5.91 Å². The first kappa shape index (κ1) is 9.85. The average Bonchev–Trinajstić information content (AvgIpc) is 2.06. The van der Waals surface area contributed by atoms with Crippen LogP contribution in [0.5, 0.6) is 0 Å². The van der Waals surface area contributed by atoms with Crippen LogP contribution in [0, 0.1) is 0 Å². The maximum Gasteiger partial charge on any atom is 0.221 e. The molecule has 0 spiro atoms. The molecular weight excluding hydrogens is 174 g/mol. The van der Waals surface area contributed by atoms with Gasteiger partial charge in [-0.3, -0.25) is 4.79 Å². The highest BCUT2D eigenvalue weighted by molar-refractivity contribution is 6.18. The lowest BCUT2D eigenvalue weighted by molar-refractivity contribution is -0.121. The van der Waals surface area contributed by atoms with Gasteiger partial charge in [0.15, 0.2) is 0 Å². The molecule has 1 fully saturated rings. The smallest absolute Gasteiger partial charge is 0.221 e. The molecule has 1 rings (SSSR count). The van der Waals surface area contributed by atoms with Crippen molar-refractivity contribution in [2.75, 3.05) is 5.88 Å². The minimum Gasteiger partial charge on any atom is -0.353 e. The van der Waals surface area contributed by atoms with Crippen LogP contribution in [-0.4, -0.2) is 17.8 Å². The van der Waals surface area contributed by atoms with E-state index in [1.54, 1.807) is 0 Å². The number of nitrogens with one attached hydrogen (secondary N) is 1. The number of carbonyl (C=O) groups is 1. The van der Waals surface area contributed by atoms with Crippen LogP contribution in [0.4, 0.5) is 0 Å². The summed E-state index contributed by atoms with van der Waals surface area (Å²) in [5, 5.41) is 3.00. The van der Waals surface area contributed by atoms with Crippen molar-refractivity contribution >= 4 is 17.5 Å². The Bertz CT molecular complexity index is 143. The van der Waals surface area contributed by atoms with Crippen molar-refractivity contribution in [2.24, 2.45) is 0 Å². The average molecular weight is 190 g/mol. The molecule has 0 radical (unpaired) electrons. The van der Waals surface area contributed by atoms with Crippen molar-refractivity contribution in [3.8, 4) is 0 Å². The zero-order valence-electron chi connectivity index (χ0n) is 7.31. The maximum atomic E-state index is 11.1. The quantitative estimate of drug-likeness (QED) is 0.677. The summed E-state index contributed by atoms with van der Waals surface area (Å²) in [5.74, 6) is 0.537. The lowest BCUT2D eigenvalue weighted by Crippen LogP contribution is -2.36. The number of amides is 1. The maximum absolute atomic E-state index is 11.1. The van der Waals surface area contributed by atoms with E-state index in [9.17, 15) is 4.79 Å². The first-order valence-electron chi connectivity index (χ1n) is 4.68. The van der Waals surface area contributed by atoms with Gasteiger partial charge in [-0.05, 0) is 12.8 Å². The van der Waals surface area contributed by atoms with E-state index in [2.05, 4.69) is 5.32 Å². The van der Waals surface area contributed by atoms with Crippen LogP contribution in [0.2, 0.25) is 0 Å². The van der Waals surface area contributed by atoms with Gasteiger partial charge in [-0.2, -0.15) is 0 Å². The first-order valence-corrected chi connectivity index (χ1v) is 5.21. The Morgan fingerprint density at radius 3 is 2.58 bits per heavy atom. The summed E-state index contributed by atoms with van der Waals surface area (Å²) >= 11 is 5.45. The zero-order chi connectivity index (χ0) is 8.81. The largest absolute Gasteiger partial charge is 0.353 e. The van der Waals surface area contributed by atoms with Crippen LogP contribution in [0.15, 0.2) is 0 Å². The molecule has 0 saturated heterocycles. The third kappa shape index (κ3) is 3.44. The molecular formula is C9H16ClNO. The molecule has 0 aromatic heterocycles. The lowest BCUT2D eigenvalue weighted by Gasteiger charge is -2.22. The van der Waals surface area contributed by atoms with E-state index in [1.165, 1.54) is 19.3 Å². The highest BCUT2D eigenvalue weighted by Crippen LogP contribution is 2.17. The molecule has 2 nitrogen and oxygen atoms in total. The molecule has 70 valence electrons. The fourth-order valence-corrected chi connectivity index (χ4v) is 1.80. The summed E-state index contributed by atoms with van der Waals surface area (Å²) in [6.45, 7) is 0. The summed E-state index contributed by atoms with van der Waals surface area (Å²) in [7, 11) is 0. The Balaban J connectivity index is 2.15. The summed E-state index contributed by atoms with van der Waals surface area (Å²) in [6.07, 6.45) is 6.58. The Labute approximate surface area is 78.7 Å². The van der Waals surface area contributed by atoms with E-state index in [4.69, 9.17) is 11.6 Å². The Morgan fingerprint density at radius 1 is 1.33 bits per heavy atom. The van der Waals surface area contributed by atoms with Crippen LogP contribution in [0.25, 0.3) is 0 Å². The monoisotopic (exact) mass is 189 g/mol. The van der Waals surface area contributed by atoms with E-state index in [0.717, 1.165) is 12.8 Å². The topological polar surface area (TPSA) is 29.1 Å². The Kier molecular flexibility index (Phi) is 4.44. The highest BCUT2D eigenvalue weighted by Gasteiger charge is 2.14. The number of hydrogen-bond donors (Lipinski definition) is 1. The summed E-state index contributed by atoms with van der Waals surface area (Å²) in [4.78, 5) is 11.1. The second-order valence-electron chi connectivity index (χ2n) is 3.34. The van der Waals surface area contributed by atoms with E-state index in [0.29, 0.717) is 18.3 Å². The van der Waals surface area contributed by atoms with Crippen molar-refractivity contribution in [1.82, 2.24) is 5.32 Å². The molecule has 3 heteroatoms. The van der Waals surface area contributed by atoms with Gasteiger partial charge in [0.05, 0.1) is 0 Å². The highest BCUT2D eigenvalue weighted by atomic mass is 35.5. The van der Waals surface area contributed by atoms with Gasteiger partial charge in [0, 0.05) is 18.3 Å². The molecule has 0 aromatic rings. The van der Waals surface area contributed by atoms with Crippen molar-refractivity contribution in [1.29, 1.82) is 0 Å². The summed E-state index contributed by atoms with van der Waals surface area (Å²) in [6, 6.07) is 0.425. The molecule has 1 amide bonds. The number of alkyl halides is 1. The van der Waals surface area contributed by atoms with Gasteiger partial charge in [-0.25, -0.2) is 0 Å². The van der Waals surface area contributed by atoms with E-state index < -0.39 is 0 Å². The van der Waals surface area contributed by atoms with Crippen LogP contribution in [-0.2, 0) is 4.79 Å². The van der Waals surface area contributed by atoms with Gasteiger partial charge in [0.2, 0.25) is 5.91 Å². The fourth-order valence-electron chi connectivity index (χ4n) is 1.63. The van der Waals surface area contributed by atoms with Gasteiger partial charge in [0.1, 0.15) is 0 Å². The first-order chi connectivity index (χ1) is 5.83. The van der Waals surface area contributed by atoms with Crippen LogP contribution in [0.3, 0.4) is 0 Å². The van der Waals surface area contributed by atoms with Gasteiger partial charge in [0.25, 0.3) is 0 Å². The van der Waals surface area contributed by atoms with Crippen molar-refractivity contribution in [2.45, 2.75) is 44.6 Å². The molecule has 0 bridgehead atoms. The van der Waals surface area contributed by atoms with Crippen LogP contribution in [0.1, 0.15) is 38.5 Å². The second kappa shape index (κ2) is 5.41. The third-order valence-corrected chi connectivity index (χ3v) is 2.48. The summed E-state index contributed by atoms with van der Waals surface area (Å²) < 4.78 is 0. The predicted molar refractivity (Wildman–Crippen MR) is 50.4 cm³/mol. The normalized spacial score (nSPS) is 19.1. The molecule has 0 aliphatic heterocycles. The number of carbonyl (C=O) groups excluding carboxylic acids is 1. The third-order valence-electron chi connectivity index (χ3n) is 2.29. The van der Waals surface area contributed by atoms with Crippen molar-refractivity contribution in [3.63, 3.8) is 0 Å². The van der Waals surface area contributed by atoms with Crippen molar-refractivity contribution in [3.05, 3.63) is 0 Å². The molecule has 0 unspecified atom stereocenters. The van der Waals surface area contributed by atoms with Crippen molar-refractivity contribution < 1.29 is 4.79 Å². The molecule has 1 aliphatic rings.